The first kappa shape index (κ1) is 14.5. The first-order valence-corrected chi connectivity index (χ1v) is 6.88. The summed E-state index contributed by atoms with van der Waals surface area (Å²) in [6.07, 6.45) is -0.0645. The zero-order valence-corrected chi connectivity index (χ0v) is 11.1. The summed E-state index contributed by atoms with van der Waals surface area (Å²) >= 11 is 0. The molecule has 0 aliphatic carbocycles. The smallest absolute Gasteiger partial charge is 0.243 e. The normalized spacial score (nSPS) is 13.2. The van der Waals surface area contributed by atoms with Crippen molar-refractivity contribution < 1.29 is 13.2 Å². The average molecular weight is 271 g/mol. The molecule has 0 aliphatic heterocycles. The van der Waals surface area contributed by atoms with Gasteiger partial charge in [-0.2, -0.15) is 0 Å². The van der Waals surface area contributed by atoms with Crippen LogP contribution in [0.3, 0.4) is 0 Å². The van der Waals surface area contributed by atoms with Gasteiger partial charge >= 0.3 is 0 Å². The van der Waals surface area contributed by atoms with Gasteiger partial charge in [0, 0.05) is 12.5 Å². The second-order valence-corrected chi connectivity index (χ2v) is 5.84. The fourth-order valence-electron chi connectivity index (χ4n) is 1.71. The Morgan fingerprint density at radius 2 is 2.06 bits per heavy atom. The molecule has 18 heavy (non-hydrogen) atoms. The van der Waals surface area contributed by atoms with E-state index in [0.717, 1.165) is 0 Å². The Bertz CT molecular complexity index is 534. The number of rotatable bonds is 5. The largest absolute Gasteiger partial charge is 0.398 e. The molecule has 1 aromatic carbocycles. The van der Waals surface area contributed by atoms with E-state index in [1.807, 2.05) is 0 Å². The second-order valence-electron chi connectivity index (χ2n) is 4.19. The predicted molar refractivity (Wildman–Crippen MR) is 69.2 cm³/mol. The summed E-state index contributed by atoms with van der Waals surface area (Å²) in [4.78, 5) is 10.8. The summed E-state index contributed by atoms with van der Waals surface area (Å²) in [5.41, 5.74) is 11.4. The lowest BCUT2D eigenvalue weighted by molar-refractivity contribution is -0.118. The van der Waals surface area contributed by atoms with Crippen molar-refractivity contribution in [2.45, 2.75) is 31.2 Å². The van der Waals surface area contributed by atoms with Crippen molar-refractivity contribution in [3.05, 3.63) is 23.8 Å². The van der Waals surface area contributed by atoms with Gasteiger partial charge in [0.1, 0.15) is 4.90 Å². The third-order valence-electron chi connectivity index (χ3n) is 2.37. The number of anilines is 1. The van der Waals surface area contributed by atoms with Crippen molar-refractivity contribution in [3.63, 3.8) is 0 Å². The number of aryl methyl sites for hydroxylation is 1. The van der Waals surface area contributed by atoms with Gasteiger partial charge in [0.25, 0.3) is 0 Å². The highest BCUT2D eigenvalue weighted by Gasteiger charge is 2.22. The maximum atomic E-state index is 12.1. The molecule has 0 heterocycles. The Morgan fingerprint density at radius 1 is 1.44 bits per heavy atom. The molecule has 0 radical (unpaired) electrons. The van der Waals surface area contributed by atoms with Crippen molar-refractivity contribution in [2.75, 3.05) is 5.73 Å². The zero-order chi connectivity index (χ0) is 13.9. The first-order valence-electron chi connectivity index (χ1n) is 5.39. The van der Waals surface area contributed by atoms with E-state index >= 15 is 0 Å². The molecular weight excluding hydrogens is 254 g/mol. The van der Waals surface area contributed by atoms with Gasteiger partial charge in [-0.15, -0.1) is 0 Å². The lowest BCUT2D eigenvalue weighted by atomic mass is 10.2. The van der Waals surface area contributed by atoms with E-state index < -0.39 is 22.0 Å². The third kappa shape index (κ3) is 3.44. The number of carbonyl (C=O) groups is 1. The number of carbonyl (C=O) groups excluding carboxylic acids is 1. The standard InChI is InChI=1S/C11H17N3O3S/c1-7-4-3-5-9(12)11(7)18(16,17)14-8(2)6-10(13)15/h3-5,8,14H,6,12H2,1-2H3,(H2,13,15). The molecule has 0 saturated carbocycles. The zero-order valence-electron chi connectivity index (χ0n) is 10.3. The minimum Gasteiger partial charge on any atom is -0.398 e. The number of nitrogens with one attached hydrogen (secondary N) is 1. The number of nitrogen functional groups attached to an aromatic ring is 1. The number of hydrogen-bond donors (Lipinski definition) is 3. The monoisotopic (exact) mass is 271 g/mol. The van der Waals surface area contributed by atoms with Crippen LogP contribution in [0.25, 0.3) is 0 Å². The second kappa shape index (κ2) is 5.36. The molecule has 0 aromatic heterocycles. The molecule has 1 rings (SSSR count). The predicted octanol–water partition coefficient (Wildman–Crippen LogP) is 0.119. The summed E-state index contributed by atoms with van der Waals surface area (Å²) in [6, 6.07) is 4.27. The van der Waals surface area contributed by atoms with Crippen LogP contribution in [0.1, 0.15) is 18.9 Å². The lowest BCUT2D eigenvalue weighted by Gasteiger charge is -2.15. The topological polar surface area (TPSA) is 115 Å². The van der Waals surface area contributed by atoms with Crippen LogP contribution >= 0.6 is 0 Å². The Morgan fingerprint density at radius 3 is 2.56 bits per heavy atom. The summed E-state index contributed by atoms with van der Waals surface area (Å²) < 4.78 is 26.6. The Balaban J connectivity index is 3.04. The number of benzene rings is 1. The van der Waals surface area contributed by atoms with E-state index in [1.54, 1.807) is 26.0 Å². The van der Waals surface area contributed by atoms with Crippen LogP contribution in [-0.2, 0) is 14.8 Å². The Hall–Kier alpha value is -1.60. The quantitative estimate of drug-likeness (QED) is 0.659. The van der Waals surface area contributed by atoms with Crippen molar-refractivity contribution >= 4 is 21.6 Å². The molecule has 0 aliphatic rings. The van der Waals surface area contributed by atoms with Crippen molar-refractivity contribution in [1.82, 2.24) is 4.72 Å². The van der Waals surface area contributed by atoms with E-state index in [2.05, 4.69) is 4.72 Å². The van der Waals surface area contributed by atoms with Gasteiger partial charge in [-0.1, -0.05) is 12.1 Å². The van der Waals surface area contributed by atoms with Crippen molar-refractivity contribution in [1.29, 1.82) is 0 Å². The number of amides is 1. The number of sulfonamides is 1. The van der Waals surface area contributed by atoms with E-state index in [4.69, 9.17) is 11.5 Å². The lowest BCUT2D eigenvalue weighted by Crippen LogP contribution is -2.36. The number of hydrogen-bond acceptors (Lipinski definition) is 4. The van der Waals surface area contributed by atoms with Crippen LogP contribution in [0.2, 0.25) is 0 Å². The van der Waals surface area contributed by atoms with Crippen LogP contribution < -0.4 is 16.2 Å². The molecule has 100 valence electrons. The minimum atomic E-state index is -3.75. The molecule has 6 nitrogen and oxygen atoms in total. The van der Waals surface area contributed by atoms with E-state index in [9.17, 15) is 13.2 Å². The SMILES string of the molecule is Cc1cccc(N)c1S(=O)(=O)NC(C)CC(N)=O. The molecule has 1 aromatic rings. The van der Waals surface area contributed by atoms with Crippen LogP contribution in [-0.4, -0.2) is 20.4 Å². The van der Waals surface area contributed by atoms with Crippen molar-refractivity contribution in [2.24, 2.45) is 5.73 Å². The Labute approximate surface area is 106 Å². The van der Waals surface area contributed by atoms with E-state index in [-0.39, 0.29) is 17.0 Å². The molecule has 0 bridgehead atoms. The van der Waals surface area contributed by atoms with Crippen LogP contribution in [0, 0.1) is 6.92 Å². The average Bonchev–Trinajstić information content (AvgIpc) is 2.13. The summed E-state index contributed by atoms with van der Waals surface area (Å²) in [6.45, 7) is 3.22. The molecule has 1 amide bonds. The van der Waals surface area contributed by atoms with E-state index in [0.29, 0.717) is 5.56 Å². The van der Waals surface area contributed by atoms with Gasteiger partial charge in [-0.3, -0.25) is 4.79 Å². The van der Waals surface area contributed by atoms with Gasteiger partial charge in [0.05, 0.1) is 5.69 Å². The maximum Gasteiger partial charge on any atom is 0.243 e. The highest BCUT2D eigenvalue weighted by Crippen LogP contribution is 2.22. The van der Waals surface area contributed by atoms with E-state index in [1.165, 1.54) is 6.07 Å². The van der Waals surface area contributed by atoms with Gasteiger partial charge in [0.2, 0.25) is 15.9 Å². The summed E-state index contributed by atoms with van der Waals surface area (Å²) in [7, 11) is -3.75. The third-order valence-corrected chi connectivity index (χ3v) is 4.18. The molecular formula is C11H17N3O3S. The molecule has 7 heteroatoms. The summed E-state index contributed by atoms with van der Waals surface area (Å²) in [5.74, 6) is -0.567. The highest BCUT2D eigenvalue weighted by atomic mass is 32.2. The molecule has 1 unspecified atom stereocenters. The molecule has 5 N–H and O–H groups in total. The van der Waals surface area contributed by atoms with Crippen LogP contribution in [0.5, 0.6) is 0 Å². The first-order chi connectivity index (χ1) is 8.24. The summed E-state index contributed by atoms with van der Waals surface area (Å²) in [5, 5.41) is 0. The van der Waals surface area contributed by atoms with Gasteiger partial charge < -0.3 is 11.5 Å². The van der Waals surface area contributed by atoms with Crippen molar-refractivity contribution in [3.8, 4) is 0 Å². The molecule has 0 fully saturated rings. The number of nitrogens with two attached hydrogens (primary N) is 2. The van der Waals surface area contributed by atoms with Gasteiger partial charge in [0.15, 0.2) is 0 Å². The highest BCUT2D eigenvalue weighted by molar-refractivity contribution is 7.89. The Kier molecular flexibility index (Phi) is 4.31. The fraction of sp³-hybridized carbons (Fsp3) is 0.364. The van der Waals surface area contributed by atoms with Gasteiger partial charge in [-0.05, 0) is 25.5 Å². The van der Waals surface area contributed by atoms with Crippen LogP contribution in [0.15, 0.2) is 23.1 Å². The number of primary amides is 1. The molecule has 0 spiro atoms. The maximum absolute atomic E-state index is 12.1. The molecule has 0 saturated heterocycles. The minimum absolute atomic E-state index is 0.0429. The van der Waals surface area contributed by atoms with Crippen LogP contribution in [0.4, 0.5) is 5.69 Å². The van der Waals surface area contributed by atoms with Gasteiger partial charge in [-0.25, -0.2) is 13.1 Å². The fourth-order valence-corrected chi connectivity index (χ4v) is 3.31. The molecule has 1 atom stereocenters.